The summed E-state index contributed by atoms with van der Waals surface area (Å²) < 4.78 is 24.4. The van der Waals surface area contributed by atoms with E-state index in [0.717, 1.165) is 19.2 Å². The van der Waals surface area contributed by atoms with E-state index < -0.39 is 29.5 Å². The maximum atomic E-state index is 12.2. The smallest absolute Gasteiger partial charge is 0.282 e. The molecule has 3 N–H and O–H groups in total. The van der Waals surface area contributed by atoms with Gasteiger partial charge in [0.1, 0.15) is 5.56 Å². The number of nitro groups is 1. The van der Waals surface area contributed by atoms with Crippen molar-refractivity contribution in [3.63, 3.8) is 0 Å². The number of amides is 1. The van der Waals surface area contributed by atoms with E-state index in [2.05, 4.69) is 5.43 Å². The summed E-state index contributed by atoms with van der Waals surface area (Å²) >= 11 is 0. The van der Waals surface area contributed by atoms with Crippen molar-refractivity contribution in [2.24, 2.45) is 5.84 Å². The van der Waals surface area contributed by atoms with Gasteiger partial charge in [0.2, 0.25) is 0 Å². The number of hydrogen-bond donors (Lipinski definition) is 2. The number of anilines is 1. The van der Waals surface area contributed by atoms with E-state index in [9.17, 15) is 23.7 Å². The van der Waals surface area contributed by atoms with Gasteiger partial charge in [-0.15, -0.1) is 0 Å². The lowest BCUT2D eigenvalue weighted by Crippen LogP contribution is -2.31. The highest BCUT2D eigenvalue weighted by Crippen LogP contribution is 2.23. The van der Waals surface area contributed by atoms with Crippen molar-refractivity contribution in [2.45, 2.75) is 6.43 Å². The first-order chi connectivity index (χ1) is 8.86. The molecule has 0 saturated carbocycles. The molecule has 7 nitrogen and oxygen atoms in total. The van der Waals surface area contributed by atoms with Gasteiger partial charge in [-0.25, -0.2) is 8.78 Å². The topological polar surface area (TPSA) is 102 Å². The SMILES string of the molecule is CN(CC(F)F)C(=O)c1cc(NN)ccc1[N+](=O)[O-]. The molecular weight excluding hydrogens is 262 g/mol. The van der Waals surface area contributed by atoms with Gasteiger partial charge in [-0.05, 0) is 12.1 Å². The second-order valence-corrected chi connectivity index (χ2v) is 3.71. The molecule has 0 aliphatic heterocycles. The number of hydrazine groups is 1. The van der Waals surface area contributed by atoms with Gasteiger partial charge in [0.25, 0.3) is 18.0 Å². The number of alkyl halides is 2. The molecule has 0 heterocycles. The molecule has 0 aromatic heterocycles. The van der Waals surface area contributed by atoms with Crippen LogP contribution in [-0.2, 0) is 0 Å². The largest absolute Gasteiger partial charge is 0.336 e. The number of benzene rings is 1. The van der Waals surface area contributed by atoms with Crippen LogP contribution in [0.5, 0.6) is 0 Å². The van der Waals surface area contributed by atoms with Crippen LogP contribution in [0.4, 0.5) is 20.2 Å². The van der Waals surface area contributed by atoms with Crippen LogP contribution in [-0.4, -0.2) is 35.7 Å². The van der Waals surface area contributed by atoms with Gasteiger partial charge in [-0.1, -0.05) is 0 Å². The molecular formula is C10H12F2N4O3. The molecule has 0 saturated heterocycles. The number of carbonyl (C=O) groups excluding carboxylic acids is 1. The minimum absolute atomic E-state index is 0.263. The van der Waals surface area contributed by atoms with Crippen molar-refractivity contribution in [2.75, 3.05) is 19.0 Å². The number of nitrogens with two attached hydrogens (primary N) is 1. The lowest BCUT2D eigenvalue weighted by Gasteiger charge is -2.16. The molecule has 1 rings (SSSR count). The Labute approximate surface area is 107 Å². The average Bonchev–Trinajstić information content (AvgIpc) is 2.36. The molecule has 0 spiro atoms. The highest BCUT2D eigenvalue weighted by molar-refractivity contribution is 5.99. The van der Waals surface area contributed by atoms with Crippen molar-refractivity contribution in [1.29, 1.82) is 0 Å². The second kappa shape index (κ2) is 6.05. The fourth-order valence-corrected chi connectivity index (χ4v) is 1.45. The summed E-state index contributed by atoms with van der Waals surface area (Å²) in [5, 5.41) is 10.8. The number of nitrogen functional groups attached to an aromatic ring is 1. The quantitative estimate of drug-likeness (QED) is 0.477. The average molecular weight is 274 g/mol. The summed E-state index contributed by atoms with van der Waals surface area (Å²) in [5.74, 6) is 4.27. The summed E-state index contributed by atoms with van der Waals surface area (Å²) in [7, 11) is 1.14. The van der Waals surface area contributed by atoms with Gasteiger partial charge in [-0.2, -0.15) is 0 Å². The zero-order valence-corrected chi connectivity index (χ0v) is 9.97. The van der Waals surface area contributed by atoms with Crippen LogP contribution in [0.3, 0.4) is 0 Å². The normalized spacial score (nSPS) is 10.4. The third-order valence-corrected chi connectivity index (χ3v) is 2.35. The number of nitrogens with one attached hydrogen (secondary N) is 1. The molecule has 1 aromatic carbocycles. The first-order valence-corrected chi connectivity index (χ1v) is 5.15. The number of carbonyl (C=O) groups is 1. The van der Waals surface area contributed by atoms with Gasteiger partial charge in [-0.3, -0.25) is 20.8 Å². The first kappa shape index (κ1) is 14.8. The van der Waals surface area contributed by atoms with E-state index in [4.69, 9.17) is 5.84 Å². The third kappa shape index (κ3) is 3.58. The van der Waals surface area contributed by atoms with Gasteiger partial charge < -0.3 is 10.3 Å². The summed E-state index contributed by atoms with van der Waals surface area (Å²) in [5.41, 5.74) is 1.72. The number of nitrogens with zero attached hydrogens (tertiary/aromatic N) is 2. The molecule has 19 heavy (non-hydrogen) atoms. The van der Waals surface area contributed by atoms with Crippen LogP contribution in [0.25, 0.3) is 0 Å². The Hall–Kier alpha value is -2.29. The predicted octanol–water partition coefficient (Wildman–Crippen LogP) is 1.22. The number of nitro benzene ring substituents is 1. The predicted molar refractivity (Wildman–Crippen MR) is 63.9 cm³/mol. The van der Waals surface area contributed by atoms with Gasteiger partial charge in [0, 0.05) is 18.8 Å². The standard InChI is InChI=1S/C10H12F2N4O3/c1-15(5-9(11)12)10(17)7-4-6(14-13)2-3-8(7)16(18)19/h2-4,9,14H,5,13H2,1H3. The molecule has 0 aliphatic rings. The Morgan fingerprint density at radius 1 is 1.58 bits per heavy atom. The number of halogens is 2. The Morgan fingerprint density at radius 3 is 2.68 bits per heavy atom. The summed E-state index contributed by atoms with van der Waals surface area (Å²) in [6.07, 6.45) is -2.72. The molecule has 0 atom stereocenters. The molecule has 0 aliphatic carbocycles. The summed E-state index contributed by atoms with van der Waals surface area (Å²) in [6, 6.07) is 3.53. The minimum atomic E-state index is -2.72. The third-order valence-electron chi connectivity index (χ3n) is 2.35. The van der Waals surface area contributed by atoms with Gasteiger partial charge >= 0.3 is 0 Å². The van der Waals surface area contributed by atoms with Crippen LogP contribution in [0.1, 0.15) is 10.4 Å². The van der Waals surface area contributed by atoms with Crippen LogP contribution in [0, 0.1) is 10.1 Å². The highest BCUT2D eigenvalue weighted by atomic mass is 19.3. The van der Waals surface area contributed by atoms with E-state index in [1.54, 1.807) is 0 Å². The summed E-state index contributed by atoms with van der Waals surface area (Å²) in [4.78, 5) is 22.7. The zero-order chi connectivity index (χ0) is 14.6. The molecule has 0 bridgehead atoms. The van der Waals surface area contributed by atoms with Crippen molar-refractivity contribution >= 4 is 17.3 Å². The van der Waals surface area contributed by atoms with E-state index >= 15 is 0 Å². The maximum Gasteiger partial charge on any atom is 0.282 e. The molecule has 0 radical (unpaired) electrons. The number of hydrogen-bond acceptors (Lipinski definition) is 5. The summed E-state index contributed by atoms with van der Waals surface area (Å²) in [6.45, 7) is -0.809. The lowest BCUT2D eigenvalue weighted by molar-refractivity contribution is -0.385. The Bertz CT molecular complexity index is 496. The van der Waals surface area contributed by atoms with Crippen LogP contribution in [0.15, 0.2) is 18.2 Å². The molecule has 0 unspecified atom stereocenters. The van der Waals surface area contributed by atoms with E-state index in [1.807, 2.05) is 0 Å². The molecule has 9 heteroatoms. The second-order valence-electron chi connectivity index (χ2n) is 3.71. The Balaban J connectivity index is 3.15. The Morgan fingerprint density at radius 2 is 2.21 bits per heavy atom. The van der Waals surface area contributed by atoms with Crippen LogP contribution >= 0.6 is 0 Å². The Kier molecular flexibility index (Phi) is 4.70. The molecule has 104 valence electrons. The maximum absolute atomic E-state index is 12.2. The molecule has 1 aromatic rings. The zero-order valence-electron chi connectivity index (χ0n) is 9.97. The van der Waals surface area contributed by atoms with E-state index in [1.165, 1.54) is 6.07 Å². The van der Waals surface area contributed by atoms with Crippen LogP contribution < -0.4 is 11.3 Å². The van der Waals surface area contributed by atoms with Gasteiger partial charge in [0.15, 0.2) is 0 Å². The monoisotopic (exact) mass is 274 g/mol. The number of rotatable bonds is 5. The molecule has 1 amide bonds. The van der Waals surface area contributed by atoms with Crippen molar-refractivity contribution < 1.29 is 18.5 Å². The fraction of sp³-hybridized carbons (Fsp3) is 0.300. The van der Waals surface area contributed by atoms with Crippen LogP contribution in [0.2, 0.25) is 0 Å². The lowest BCUT2D eigenvalue weighted by atomic mass is 10.1. The van der Waals surface area contributed by atoms with Crippen molar-refractivity contribution in [3.8, 4) is 0 Å². The fourth-order valence-electron chi connectivity index (χ4n) is 1.45. The van der Waals surface area contributed by atoms with E-state index in [0.29, 0.717) is 4.90 Å². The molecule has 0 fully saturated rings. The highest BCUT2D eigenvalue weighted by Gasteiger charge is 2.24. The van der Waals surface area contributed by atoms with E-state index in [-0.39, 0.29) is 11.3 Å². The first-order valence-electron chi connectivity index (χ1n) is 5.15. The van der Waals surface area contributed by atoms with Gasteiger partial charge in [0.05, 0.1) is 11.5 Å². The van der Waals surface area contributed by atoms with Crippen molar-refractivity contribution in [3.05, 3.63) is 33.9 Å². The minimum Gasteiger partial charge on any atom is -0.336 e. The van der Waals surface area contributed by atoms with Crippen molar-refractivity contribution in [1.82, 2.24) is 4.90 Å².